The van der Waals surface area contributed by atoms with Crippen molar-refractivity contribution < 1.29 is 28.5 Å². The maximum atomic E-state index is 12.7. The summed E-state index contributed by atoms with van der Waals surface area (Å²) in [6, 6.07) is 0. The Morgan fingerprint density at radius 2 is 2.05 bits per heavy atom. The first kappa shape index (κ1) is 14.2. The van der Waals surface area contributed by atoms with E-state index >= 15 is 0 Å². The van der Waals surface area contributed by atoms with Crippen molar-refractivity contribution in [3.63, 3.8) is 0 Å². The van der Waals surface area contributed by atoms with Gasteiger partial charge in [0, 0.05) is 18.3 Å². The third-order valence-electron chi connectivity index (χ3n) is 6.06. The monoisotopic (exact) mass is 308 g/mol. The summed E-state index contributed by atoms with van der Waals surface area (Å²) in [6.07, 6.45) is 4.70. The molecule has 6 nitrogen and oxygen atoms in total. The largest absolute Gasteiger partial charge is 0.468 e. The van der Waals surface area contributed by atoms with Crippen LogP contribution in [0.2, 0.25) is 0 Å². The van der Waals surface area contributed by atoms with Gasteiger partial charge in [-0.15, -0.1) is 0 Å². The zero-order valence-corrected chi connectivity index (χ0v) is 12.8. The molecule has 0 amide bonds. The van der Waals surface area contributed by atoms with Crippen LogP contribution in [0.3, 0.4) is 0 Å². The average molecular weight is 308 g/mol. The molecule has 0 bridgehead atoms. The van der Waals surface area contributed by atoms with Gasteiger partial charge in [-0.25, -0.2) is 0 Å². The van der Waals surface area contributed by atoms with Crippen molar-refractivity contribution in [2.24, 2.45) is 16.7 Å². The predicted molar refractivity (Wildman–Crippen MR) is 73.6 cm³/mol. The number of methoxy groups -OCH3 is 1. The third-order valence-corrected chi connectivity index (χ3v) is 6.06. The van der Waals surface area contributed by atoms with Crippen LogP contribution in [0, 0.1) is 16.7 Å². The van der Waals surface area contributed by atoms with E-state index in [2.05, 4.69) is 0 Å². The van der Waals surface area contributed by atoms with E-state index in [0.29, 0.717) is 32.5 Å². The number of allylic oxidation sites excluding steroid dienone is 1. The van der Waals surface area contributed by atoms with E-state index in [1.165, 1.54) is 7.11 Å². The lowest BCUT2D eigenvalue weighted by molar-refractivity contribution is -0.263. The first-order valence-corrected chi connectivity index (χ1v) is 7.74. The molecule has 1 spiro atoms. The maximum Gasteiger partial charge on any atom is 0.316 e. The Labute approximate surface area is 128 Å². The van der Waals surface area contributed by atoms with Crippen LogP contribution < -0.4 is 0 Å². The highest BCUT2D eigenvalue weighted by molar-refractivity contribution is 5.87. The Bertz CT molecular complexity index is 563. The van der Waals surface area contributed by atoms with Crippen LogP contribution in [-0.4, -0.2) is 44.2 Å². The highest BCUT2D eigenvalue weighted by Gasteiger charge is 2.72. The second kappa shape index (κ2) is 4.32. The second-order valence-electron chi connectivity index (χ2n) is 6.82. The van der Waals surface area contributed by atoms with E-state index in [0.717, 1.165) is 0 Å². The molecular weight excluding hydrogens is 288 g/mol. The van der Waals surface area contributed by atoms with Gasteiger partial charge in [0.15, 0.2) is 5.79 Å². The Morgan fingerprint density at radius 1 is 1.32 bits per heavy atom. The van der Waals surface area contributed by atoms with Gasteiger partial charge in [-0.1, -0.05) is 19.1 Å². The minimum Gasteiger partial charge on any atom is -0.468 e. The quantitative estimate of drug-likeness (QED) is 0.535. The number of hydrogen-bond acceptors (Lipinski definition) is 6. The molecule has 0 aromatic rings. The summed E-state index contributed by atoms with van der Waals surface area (Å²) in [5.41, 5.74) is -1.41. The van der Waals surface area contributed by atoms with Crippen molar-refractivity contribution >= 4 is 11.9 Å². The molecule has 4 rings (SSSR count). The molecule has 6 heteroatoms. The molecule has 2 aliphatic carbocycles. The summed E-state index contributed by atoms with van der Waals surface area (Å²) in [6.45, 7) is 3.02. The van der Waals surface area contributed by atoms with Crippen molar-refractivity contribution in [1.29, 1.82) is 0 Å². The fourth-order valence-corrected chi connectivity index (χ4v) is 4.70. The van der Waals surface area contributed by atoms with Crippen molar-refractivity contribution in [3.8, 4) is 0 Å². The van der Waals surface area contributed by atoms with Crippen molar-refractivity contribution in [2.45, 2.75) is 38.1 Å². The van der Waals surface area contributed by atoms with Gasteiger partial charge in [0.1, 0.15) is 11.5 Å². The average Bonchev–Trinajstić information content (AvgIpc) is 2.92. The van der Waals surface area contributed by atoms with Crippen LogP contribution in [0.25, 0.3) is 0 Å². The molecule has 0 aromatic heterocycles. The number of carbonyl (C=O) groups excluding carboxylic acids is 2. The number of carbonyl (C=O) groups is 2. The third kappa shape index (κ3) is 1.47. The van der Waals surface area contributed by atoms with Gasteiger partial charge in [-0.3, -0.25) is 9.59 Å². The highest BCUT2D eigenvalue weighted by atomic mass is 16.7. The fraction of sp³-hybridized carbons (Fsp3) is 0.750. The lowest BCUT2D eigenvalue weighted by atomic mass is 9.46. The predicted octanol–water partition coefficient (Wildman–Crippen LogP) is 1.19. The molecule has 4 atom stereocenters. The van der Waals surface area contributed by atoms with E-state index in [-0.39, 0.29) is 17.9 Å². The normalized spacial score (nSPS) is 44.7. The Morgan fingerprint density at radius 3 is 2.64 bits per heavy atom. The molecule has 2 heterocycles. The van der Waals surface area contributed by atoms with Crippen LogP contribution in [-0.2, 0) is 28.5 Å². The van der Waals surface area contributed by atoms with Gasteiger partial charge in [0.25, 0.3) is 0 Å². The van der Waals surface area contributed by atoms with E-state index in [1.807, 2.05) is 19.1 Å². The van der Waals surface area contributed by atoms with E-state index < -0.39 is 22.7 Å². The van der Waals surface area contributed by atoms with E-state index in [4.69, 9.17) is 18.9 Å². The molecule has 0 aromatic carbocycles. The molecule has 22 heavy (non-hydrogen) atoms. The number of ether oxygens (including phenoxy) is 4. The van der Waals surface area contributed by atoms with Crippen LogP contribution in [0.5, 0.6) is 0 Å². The smallest absolute Gasteiger partial charge is 0.316 e. The van der Waals surface area contributed by atoms with Gasteiger partial charge < -0.3 is 18.9 Å². The fourth-order valence-electron chi connectivity index (χ4n) is 4.70. The van der Waals surface area contributed by atoms with Gasteiger partial charge >= 0.3 is 11.9 Å². The molecule has 4 aliphatic rings. The summed E-state index contributed by atoms with van der Waals surface area (Å²) >= 11 is 0. The molecule has 120 valence electrons. The summed E-state index contributed by atoms with van der Waals surface area (Å²) in [7, 11) is 1.39. The summed E-state index contributed by atoms with van der Waals surface area (Å²) in [5, 5.41) is 0. The minimum absolute atomic E-state index is 0.274. The SMILES string of the molecule is COC(=O)[C@]12CCC3(C[C@H]1OC(=O)[C@@H]1C=C[C@@]12C)OCCO3. The van der Waals surface area contributed by atoms with Gasteiger partial charge in [0.2, 0.25) is 0 Å². The van der Waals surface area contributed by atoms with Gasteiger partial charge in [-0.2, -0.15) is 0 Å². The number of esters is 2. The van der Waals surface area contributed by atoms with Crippen LogP contribution in [0.1, 0.15) is 26.2 Å². The number of hydrogen-bond donors (Lipinski definition) is 0. The zero-order chi connectivity index (χ0) is 15.6. The maximum absolute atomic E-state index is 12.7. The molecule has 0 N–H and O–H groups in total. The number of fused-ring (bicyclic) bond motifs is 3. The highest BCUT2D eigenvalue weighted by Crippen LogP contribution is 2.64. The van der Waals surface area contributed by atoms with Crippen molar-refractivity contribution in [1.82, 2.24) is 0 Å². The topological polar surface area (TPSA) is 71.1 Å². The van der Waals surface area contributed by atoms with Gasteiger partial charge in [-0.05, 0) is 6.42 Å². The van der Waals surface area contributed by atoms with Gasteiger partial charge in [0.05, 0.1) is 26.2 Å². The standard InChI is InChI=1S/C16H20O6/c1-14-4-3-10(14)12(17)22-11-9-15(20-7-8-21-15)5-6-16(11,14)13(18)19-2/h3-4,10-11H,5-9H2,1-2H3/t10-,11+,14-,16-/m0/s1. The Hall–Kier alpha value is -1.40. The first-order chi connectivity index (χ1) is 10.5. The second-order valence-corrected chi connectivity index (χ2v) is 6.82. The Balaban J connectivity index is 1.77. The van der Waals surface area contributed by atoms with Crippen LogP contribution in [0.4, 0.5) is 0 Å². The van der Waals surface area contributed by atoms with E-state index in [9.17, 15) is 9.59 Å². The summed E-state index contributed by atoms with van der Waals surface area (Å²) in [5.74, 6) is -1.68. The van der Waals surface area contributed by atoms with Crippen molar-refractivity contribution in [2.75, 3.05) is 20.3 Å². The number of rotatable bonds is 1. The zero-order valence-electron chi connectivity index (χ0n) is 12.8. The molecule has 0 radical (unpaired) electrons. The first-order valence-electron chi connectivity index (χ1n) is 7.74. The van der Waals surface area contributed by atoms with Crippen LogP contribution in [0.15, 0.2) is 12.2 Å². The van der Waals surface area contributed by atoms with Crippen LogP contribution >= 0.6 is 0 Å². The summed E-state index contributed by atoms with van der Waals surface area (Å²) in [4.78, 5) is 25.0. The molecule has 3 fully saturated rings. The Kier molecular flexibility index (Phi) is 2.79. The molecule has 1 saturated carbocycles. The molecule has 2 saturated heterocycles. The minimum atomic E-state index is -0.852. The molecule has 0 unspecified atom stereocenters. The van der Waals surface area contributed by atoms with Crippen molar-refractivity contribution in [3.05, 3.63) is 12.2 Å². The lowest BCUT2D eigenvalue weighted by Crippen LogP contribution is -2.68. The molecular formula is C16H20O6. The summed E-state index contributed by atoms with van der Waals surface area (Å²) < 4.78 is 22.3. The lowest BCUT2D eigenvalue weighted by Gasteiger charge is -2.61. The van der Waals surface area contributed by atoms with E-state index in [1.54, 1.807) is 0 Å². The molecule has 2 aliphatic heterocycles.